The van der Waals surface area contributed by atoms with Crippen LogP contribution < -0.4 is 20.3 Å². The third-order valence-electron chi connectivity index (χ3n) is 5.31. The molecule has 0 bridgehead atoms. The Labute approximate surface area is 181 Å². The lowest BCUT2D eigenvalue weighted by molar-refractivity contribution is -0.124. The number of aromatic nitrogens is 2. The van der Waals surface area contributed by atoms with Crippen LogP contribution in [0.3, 0.4) is 0 Å². The van der Waals surface area contributed by atoms with Gasteiger partial charge in [-0.25, -0.2) is 4.68 Å². The maximum atomic E-state index is 12.6. The highest BCUT2D eigenvalue weighted by Gasteiger charge is 2.20. The highest BCUT2D eigenvalue weighted by Crippen LogP contribution is 2.28. The molecule has 1 aliphatic heterocycles. The molecule has 0 spiro atoms. The van der Waals surface area contributed by atoms with Gasteiger partial charge in [0.05, 0.1) is 27.4 Å². The van der Waals surface area contributed by atoms with Crippen molar-refractivity contribution in [2.45, 2.75) is 19.4 Å². The van der Waals surface area contributed by atoms with Crippen molar-refractivity contribution in [3.63, 3.8) is 0 Å². The van der Waals surface area contributed by atoms with Crippen LogP contribution in [0.5, 0.6) is 11.5 Å². The van der Waals surface area contributed by atoms with Crippen molar-refractivity contribution in [1.29, 1.82) is 0 Å². The normalized spacial score (nSPS) is 15.3. The second kappa shape index (κ2) is 10.9. The van der Waals surface area contributed by atoms with Crippen molar-refractivity contribution in [3.8, 4) is 22.8 Å². The number of nitrogens with zero attached hydrogens (tertiary/aromatic N) is 3. The molecule has 31 heavy (non-hydrogen) atoms. The van der Waals surface area contributed by atoms with Crippen molar-refractivity contribution in [3.05, 3.63) is 40.7 Å². The van der Waals surface area contributed by atoms with E-state index in [4.69, 9.17) is 14.2 Å². The summed E-state index contributed by atoms with van der Waals surface area (Å²) in [7, 11) is 3.08. The largest absolute Gasteiger partial charge is 0.497 e. The van der Waals surface area contributed by atoms with Crippen molar-refractivity contribution in [2.24, 2.45) is 0 Å². The van der Waals surface area contributed by atoms with Gasteiger partial charge in [0.2, 0.25) is 5.91 Å². The highest BCUT2D eigenvalue weighted by atomic mass is 16.5. The molecule has 3 rings (SSSR count). The Balaban J connectivity index is 1.68. The predicted molar refractivity (Wildman–Crippen MR) is 117 cm³/mol. The molecule has 2 aromatic rings. The summed E-state index contributed by atoms with van der Waals surface area (Å²) in [5.74, 6) is 0.813. The van der Waals surface area contributed by atoms with Crippen LogP contribution >= 0.6 is 0 Å². The van der Waals surface area contributed by atoms with Crippen LogP contribution in [0, 0.1) is 0 Å². The molecule has 1 amide bonds. The number of benzene rings is 1. The first-order valence-electron chi connectivity index (χ1n) is 10.4. The Bertz CT molecular complexity index is 922. The number of hydrogen-bond acceptors (Lipinski definition) is 7. The molecule has 1 aliphatic rings. The summed E-state index contributed by atoms with van der Waals surface area (Å²) in [6.07, 6.45) is 0.834. The van der Waals surface area contributed by atoms with Crippen LogP contribution in [0.15, 0.2) is 35.1 Å². The number of morpholine rings is 1. The summed E-state index contributed by atoms with van der Waals surface area (Å²) in [4.78, 5) is 27.5. The summed E-state index contributed by atoms with van der Waals surface area (Å²) in [5, 5.41) is 7.35. The van der Waals surface area contributed by atoms with E-state index in [9.17, 15) is 9.59 Å². The van der Waals surface area contributed by atoms with Crippen molar-refractivity contribution in [1.82, 2.24) is 20.0 Å². The van der Waals surface area contributed by atoms with Gasteiger partial charge in [0.25, 0.3) is 5.56 Å². The number of carbonyl (C=O) groups is 1. The van der Waals surface area contributed by atoms with Gasteiger partial charge in [0, 0.05) is 31.3 Å². The summed E-state index contributed by atoms with van der Waals surface area (Å²) in [5.41, 5.74) is 0.839. The summed E-state index contributed by atoms with van der Waals surface area (Å²) < 4.78 is 17.1. The van der Waals surface area contributed by atoms with Crippen LogP contribution in [0.4, 0.5) is 0 Å². The second-order valence-corrected chi connectivity index (χ2v) is 7.35. The first-order chi connectivity index (χ1) is 15.0. The Morgan fingerprint density at radius 3 is 2.55 bits per heavy atom. The second-order valence-electron chi connectivity index (χ2n) is 7.35. The van der Waals surface area contributed by atoms with E-state index in [2.05, 4.69) is 15.3 Å². The minimum Gasteiger partial charge on any atom is -0.497 e. The molecule has 2 heterocycles. The van der Waals surface area contributed by atoms with Gasteiger partial charge in [-0.15, -0.1) is 0 Å². The summed E-state index contributed by atoms with van der Waals surface area (Å²) in [6.45, 7) is 6.46. The zero-order chi connectivity index (χ0) is 22.2. The number of methoxy groups -OCH3 is 2. The molecule has 0 saturated carbocycles. The number of carbonyl (C=O) groups excluding carboxylic acids is 1. The molecule has 0 aliphatic carbocycles. The zero-order valence-corrected chi connectivity index (χ0v) is 18.3. The van der Waals surface area contributed by atoms with E-state index in [1.54, 1.807) is 26.2 Å². The molecule has 0 radical (unpaired) electrons. The third kappa shape index (κ3) is 5.83. The Kier molecular flexibility index (Phi) is 8.02. The Morgan fingerprint density at radius 1 is 1.19 bits per heavy atom. The van der Waals surface area contributed by atoms with Crippen LogP contribution in [0.1, 0.15) is 19.4 Å². The van der Waals surface area contributed by atoms with E-state index in [1.165, 1.54) is 17.9 Å². The lowest BCUT2D eigenvalue weighted by Gasteiger charge is -2.26. The smallest absolute Gasteiger partial charge is 0.271 e. The van der Waals surface area contributed by atoms with Gasteiger partial charge in [-0.2, -0.15) is 5.10 Å². The molecule has 9 nitrogen and oxygen atoms in total. The molecule has 1 aromatic heterocycles. The van der Waals surface area contributed by atoms with E-state index in [-0.39, 0.29) is 5.91 Å². The number of amides is 1. The number of hydrogen-bond donors (Lipinski definition) is 1. The summed E-state index contributed by atoms with van der Waals surface area (Å²) >= 11 is 0. The molecule has 1 saturated heterocycles. The lowest BCUT2D eigenvalue weighted by atomic mass is 10.1. The Hall–Kier alpha value is -2.91. The van der Waals surface area contributed by atoms with Gasteiger partial charge < -0.3 is 19.5 Å². The van der Waals surface area contributed by atoms with E-state index in [1.807, 2.05) is 12.1 Å². The van der Waals surface area contributed by atoms with E-state index in [0.717, 1.165) is 44.8 Å². The number of ether oxygens (including phenoxy) is 3. The molecular weight excluding hydrogens is 400 g/mol. The topological polar surface area (TPSA) is 94.9 Å². The highest BCUT2D eigenvalue weighted by molar-refractivity contribution is 5.79. The fourth-order valence-corrected chi connectivity index (χ4v) is 3.43. The van der Waals surface area contributed by atoms with Crippen LogP contribution in [0.25, 0.3) is 11.3 Å². The molecule has 1 fully saturated rings. The number of rotatable bonds is 9. The minimum absolute atomic E-state index is 0.248. The quantitative estimate of drug-likeness (QED) is 0.600. The minimum atomic E-state index is -0.751. The maximum absolute atomic E-state index is 12.6. The van der Waals surface area contributed by atoms with Crippen LogP contribution in [0.2, 0.25) is 0 Å². The fourth-order valence-electron chi connectivity index (χ4n) is 3.43. The molecule has 1 atom stereocenters. The van der Waals surface area contributed by atoms with Crippen molar-refractivity contribution < 1.29 is 19.0 Å². The third-order valence-corrected chi connectivity index (χ3v) is 5.31. The lowest BCUT2D eigenvalue weighted by Crippen LogP contribution is -2.40. The van der Waals surface area contributed by atoms with E-state index in [0.29, 0.717) is 23.7 Å². The molecule has 0 unspecified atom stereocenters. The van der Waals surface area contributed by atoms with Gasteiger partial charge in [0.1, 0.15) is 17.5 Å². The van der Waals surface area contributed by atoms with Crippen LogP contribution in [-0.4, -0.2) is 74.2 Å². The molecule has 1 N–H and O–H groups in total. The average Bonchev–Trinajstić information content (AvgIpc) is 2.81. The van der Waals surface area contributed by atoms with Gasteiger partial charge in [0.15, 0.2) is 5.75 Å². The van der Waals surface area contributed by atoms with Crippen LogP contribution in [-0.2, 0) is 9.53 Å². The van der Waals surface area contributed by atoms with Gasteiger partial charge in [-0.3, -0.25) is 14.5 Å². The average molecular weight is 431 g/mol. The van der Waals surface area contributed by atoms with E-state index >= 15 is 0 Å². The van der Waals surface area contributed by atoms with Gasteiger partial charge in [-0.05, 0) is 44.2 Å². The molecule has 9 heteroatoms. The zero-order valence-electron chi connectivity index (χ0n) is 18.3. The first-order valence-corrected chi connectivity index (χ1v) is 10.4. The molecule has 168 valence electrons. The SMILES string of the molecule is COc1ccc(-c2nn([C@@H](C)C(=O)NCCCN3CCOCC3)c(=O)cc2OC)cc1. The monoisotopic (exact) mass is 430 g/mol. The predicted octanol–water partition coefficient (Wildman–Crippen LogP) is 1.33. The fraction of sp³-hybridized carbons (Fsp3) is 0.500. The van der Waals surface area contributed by atoms with Crippen molar-refractivity contribution in [2.75, 3.05) is 53.6 Å². The van der Waals surface area contributed by atoms with Gasteiger partial charge in [-0.1, -0.05) is 0 Å². The number of nitrogens with one attached hydrogen (secondary N) is 1. The maximum Gasteiger partial charge on any atom is 0.271 e. The van der Waals surface area contributed by atoms with Crippen molar-refractivity contribution >= 4 is 5.91 Å². The summed E-state index contributed by atoms with van der Waals surface area (Å²) in [6, 6.07) is 7.87. The standard InChI is InChI=1S/C22H30N4O5/c1-16(22(28)23-9-4-10-25-11-13-31-14-12-25)26-20(27)15-19(30-3)21(24-26)17-5-7-18(29-2)8-6-17/h5-8,15-16H,4,9-14H2,1-3H3,(H,23,28)/t16-/m0/s1. The van der Waals surface area contributed by atoms with Gasteiger partial charge >= 0.3 is 0 Å². The molecular formula is C22H30N4O5. The van der Waals surface area contributed by atoms with E-state index < -0.39 is 11.6 Å². The molecule has 1 aromatic carbocycles. The Morgan fingerprint density at radius 2 is 1.90 bits per heavy atom. The first kappa shape index (κ1) is 22.8.